The molecule has 4 aromatic carbocycles. The van der Waals surface area contributed by atoms with E-state index in [4.69, 9.17) is 16.4 Å². The van der Waals surface area contributed by atoms with Crippen LogP contribution in [-0.4, -0.2) is 66.8 Å². The first-order valence-electron chi connectivity index (χ1n) is 30.1. The third kappa shape index (κ3) is 15.5. The van der Waals surface area contributed by atoms with Gasteiger partial charge in [-0.3, -0.25) is 19.7 Å². The number of unbranched alkanes of at least 4 members (excludes halogenated alkanes) is 4. The lowest BCUT2D eigenvalue weighted by molar-refractivity contribution is -0.777. The molecule has 5 aromatic rings. The molecule has 1 aliphatic carbocycles. The predicted molar refractivity (Wildman–Crippen MR) is 350 cm³/mol. The van der Waals surface area contributed by atoms with Gasteiger partial charge in [-0.1, -0.05) is 104 Å². The van der Waals surface area contributed by atoms with Crippen molar-refractivity contribution in [1.29, 1.82) is 0 Å². The second kappa shape index (κ2) is 29.2. The molecule has 1 aromatic heterocycles. The highest BCUT2D eigenvalue weighted by Gasteiger charge is 2.46. The SMILES string of the molecule is Cc1ccc2c(c1)N(CCCSOO[O-])C(=CC1=CC(=Cc3sc4ccc(Cl)cc4[n+]3CCCCCC3ONC3(C)NC(=O)CCCCCN3C(=CC=CC=CC4=[N+](C)c5cc(SOO[O-])ccc5C4(C)C)C(C)(C)c4ccc(S(=O)(=O)[O-])cc43)CCC1)S2. The van der Waals surface area contributed by atoms with Crippen molar-refractivity contribution in [1.82, 2.24) is 10.8 Å². The predicted octanol–water partition coefficient (Wildman–Crippen LogP) is 12.9. The molecule has 2 unspecified atom stereocenters. The zero-order valence-electron chi connectivity index (χ0n) is 51.1. The van der Waals surface area contributed by atoms with Crippen molar-refractivity contribution in [3.8, 4) is 0 Å². The number of rotatable bonds is 28. The summed E-state index contributed by atoms with van der Waals surface area (Å²) in [5, 5.41) is 34.2. The van der Waals surface area contributed by atoms with Crippen LogP contribution in [0.15, 0.2) is 152 Å². The molecule has 10 rings (SSSR count). The van der Waals surface area contributed by atoms with Crippen LogP contribution in [0.4, 0.5) is 17.1 Å². The number of carbonyl (C=O) groups excluding carboxylic acids is 1. The fraction of sp³-hybridized carbons (Fsp3) is 0.409. The molecule has 0 saturated carbocycles. The lowest BCUT2D eigenvalue weighted by Gasteiger charge is -2.47. The Hall–Kier alpha value is -5.12. The van der Waals surface area contributed by atoms with Gasteiger partial charge in [-0.25, -0.2) is 8.42 Å². The number of aromatic nitrogens is 1. The van der Waals surface area contributed by atoms with Gasteiger partial charge in [0.15, 0.2) is 12.3 Å². The van der Waals surface area contributed by atoms with Crippen molar-refractivity contribution in [2.75, 3.05) is 35.7 Å². The molecule has 2 atom stereocenters. The van der Waals surface area contributed by atoms with Gasteiger partial charge < -0.3 is 30.2 Å². The number of nitrogens with one attached hydrogen (secondary N) is 2. The number of nitrogens with zero attached hydrogens (tertiary/aromatic N) is 4. The number of thioether (sulfide) groups is 1. The van der Waals surface area contributed by atoms with Crippen molar-refractivity contribution in [2.45, 2.75) is 162 Å². The van der Waals surface area contributed by atoms with Gasteiger partial charge in [-0.2, -0.15) is 23.3 Å². The van der Waals surface area contributed by atoms with Crippen LogP contribution >= 0.6 is 58.8 Å². The van der Waals surface area contributed by atoms with Crippen LogP contribution in [0.3, 0.4) is 0 Å². The van der Waals surface area contributed by atoms with E-state index in [9.17, 15) is 28.3 Å². The maximum atomic E-state index is 13.5. The Morgan fingerprint density at radius 2 is 1.66 bits per heavy atom. The van der Waals surface area contributed by atoms with Crippen molar-refractivity contribution in [3.63, 3.8) is 0 Å². The Labute approximate surface area is 544 Å². The second-order valence-corrected chi connectivity index (χ2v) is 29.8. The van der Waals surface area contributed by atoms with Crippen LogP contribution in [0.2, 0.25) is 5.02 Å². The van der Waals surface area contributed by atoms with Gasteiger partial charge in [0.05, 0.1) is 33.1 Å². The molecule has 0 radical (unpaired) electrons. The topological polar surface area (TPSA) is 204 Å². The molecule has 2 N–H and O–H groups in total. The average Bonchev–Trinajstić information content (AvgIpc) is 1.65. The standard InChI is InChI=1S/C66H77ClN6O11S5/c1-44-25-31-56-54(37-44)73(35-18-36-85-83-81-75)63(86-56)40-46-20-17-19-45(38-46)39-62-72(55-41-47(67)26-32-57(55)87-62)34-16-9-13-23-60-66(6,69-80-60)68-61(74)24-14-10-15-33-71-53-43-49(89(77,78)79)28-30-51(53)65(4,5)59(71)22-12-8-11-21-58-64(2,3)50-29-27-48(88-84-82-76)42-52(50)70(58)7/h8,11-12,21-22,25-32,37-43,60,69H,9-10,13-20,23-24,33-36H2,1-7H3,(H2-2,68,74,75,76,77,78,79)/p-1. The van der Waals surface area contributed by atoms with E-state index in [0.717, 1.165) is 134 Å². The molecule has 17 nitrogen and oxygen atoms in total. The summed E-state index contributed by atoms with van der Waals surface area (Å²) >= 11 is 12.1. The molecule has 1 amide bonds. The fourth-order valence-corrected chi connectivity index (χ4v) is 16.4. The van der Waals surface area contributed by atoms with Crippen molar-refractivity contribution < 1.29 is 61.0 Å². The van der Waals surface area contributed by atoms with Crippen LogP contribution in [0.25, 0.3) is 16.3 Å². The monoisotopic (exact) mass is 1320 g/mol. The molecule has 1 saturated heterocycles. The molecule has 23 heteroatoms. The number of allylic oxidation sites excluding steroid dienone is 10. The average molecular weight is 1330 g/mol. The van der Waals surface area contributed by atoms with E-state index in [2.05, 4.69) is 138 Å². The highest BCUT2D eigenvalue weighted by Crippen LogP contribution is 2.50. The zero-order valence-corrected chi connectivity index (χ0v) is 56.0. The van der Waals surface area contributed by atoms with Gasteiger partial charge in [0, 0.05) is 105 Å². The smallest absolute Gasteiger partial charge is 0.263 e. The summed E-state index contributed by atoms with van der Waals surface area (Å²) in [6.07, 6.45) is 26.9. The molecule has 5 aliphatic rings. The van der Waals surface area contributed by atoms with Gasteiger partial charge >= 0.3 is 0 Å². The third-order valence-electron chi connectivity index (χ3n) is 17.3. The summed E-state index contributed by atoms with van der Waals surface area (Å²) in [7, 11) is -2.70. The molecular formula is C66H76ClN6O11S5-. The number of hydrogen-bond donors (Lipinski definition) is 2. The molecule has 89 heavy (non-hydrogen) atoms. The largest absolute Gasteiger partial charge is 0.744 e. The maximum Gasteiger partial charge on any atom is 0.263 e. The van der Waals surface area contributed by atoms with Gasteiger partial charge in [0.1, 0.15) is 33.6 Å². The molecule has 0 spiro atoms. The number of hydroxylamine groups is 1. The van der Waals surface area contributed by atoms with E-state index in [1.54, 1.807) is 29.2 Å². The molecule has 4 aliphatic heterocycles. The number of hydrogen-bond acceptors (Lipinski definition) is 18. The molecule has 1 fully saturated rings. The zero-order chi connectivity index (χ0) is 63.1. The Morgan fingerprint density at radius 1 is 0.865 bits per heavy atom. The van der Waals surface area contributed by atoms with Gasteiger partial charge in [0.2, 0.25) is 17.1 Å². The number of thiazole rings is 1. The number of aryl methyl sites for hydroxylation is 2. The van der Waals surface area contributed by atoms with E-state index in [1.165, 1.54) is 54.2 Å². The van der Waals surface area contributed by atoms with Gasteiger partial charge in [-0.15, -0.1) is 0 Å². The molecule has 0 bridgehead atoms. The minimum Gasteiger partial charge on any atom is -0.744 e. The van der Waals surface area contributed by atoms with Crippen LogP contribution in [0.1, 0.15) is 133 Å². The van der Waals surface area contributed by atoms with E-state index >= 15 is 0 Å². The number of amides is 1. The maximum absolute atomic E-state index is 13.5. The Kier molecular flexibility index (Phi) is 21.9. The Balaban J connectivity index is 0.717. The summed E-state index contributed by atoms with van der Waals surface area (Å²) in [4.78, 5) is 25.5. The van der Waals surface area contributed by atoms with Crippen molar-refractivity contribution in [2.24, 2.45) is 0 Å². The lowest BCUT2D eigenvalue weighted by Crippen LogP contribution is -2.73. The first kappa shape index (κ1) is 66.8. The number of anilines is 2. The third-order valence-corrected chi connectivity index (χ3v) is 21.8. The van der Waals surface area contributed by atoms with Crippen LogP contribution < -0.4 is 35.7 Å². The normalized spacial score (nSPS) is 20.9. The first-order valence-corrected chi connectivity index (χ1v) is 35.2. The van der Waals surface area contributed by atoms with E-state index in [0.29, 0.717) is 42.3 Å². The second-order valence-electron chi connectivity index (χ2n) is 24.3. The summed E-state index contributed by atoms with van der Waals surface area (Å²) in [6, 6.07) is 23.2. The van der Waals surface area contributed by atoms with Crippen LogP contribution in [-0.2, 0) is 55.9 Å². The van der Waals surface area contributed by atoms with Gasteiger partial charge in [0.25, 0.3) is 5.01 Å². The number of benzene rings is 4. The summed E-state index contributed by atoms with van der Waals surface area (Å²) in [6.45, 7) is 14.8. The summed E-state index contributed by atoms with van der Waals surface area (Å²) in [5.41, 5.74) is 13.5. The molecular weight excluding hydrogens is 1250 g/mol. The number of carbonyl (C=O) groups is 1. The Bertz CT molecular complexity index is 3800. The minimum atomic E-state index is -4.70. The first-order chi connectivity index (χ1) is 42.7. The molecule has 5 heterocycles. The van der Waals surface area contributed by atoms with E-state index in [1.807, 2.05) is 62.5 Å². The number of halogens is 1. The van der Waals surface area contributed by atoms with Crippen molar-refractivity contribution >= 4 is 114 Å². The lowest BCUT2D eigenvalue weighted by atomic mass is 9.81. The van der Waals surface area contributed by atoms with Crippen LogP contribution in [0, 0.1) is 6.92 Å². The van der Waals surface area contributed by atoms with Crippen molar-refractivity contribution in [3.05, 3.63) is 164 Å². The van der Waals surface area contributed by atoms with Crippen LogP contribution in [0.5, 0.6) is 0 Å². The summed E-state index contributed by atoms with van der Waals surface area (Å²) in [5.74, 6) is 0.572. The van der Waals surface area contributed by atoms with Gasteiger partial charge in [-0.05, 0) is 156 Å². The fourth-order valence-electron chi connectivity index (χ4n) is 12.7. The minimum absolute atomic E-state index is 0.0628. The molecule has 474 valence electrons. The number of fused-ring (bicyclic) bond motifs is 4. The highest BCUT2D eigenvalue weighted by atomic mass is 35.5. The van der Waals surface area contributed by atoms with E-state index in [-0.39, 0.29) is 22.3 Å². The quantitative estimate of drug-likeness (QED) is 0.00909. The highest BCUT2D eigenvalue weighted by molar-refractivity contribution is 8.03. The van der Waals surface area contributed by atoms with E-state index < -0.39 is 21.2 Å². The Morgan fingerprint density at radius 3 is 2.45 bits per heavy atom. The summed E-state index contributed by atoms with van der Waals surface area (Å²) < 4.78 is 51.6.